The third kappa shape index (κ3) is 5.23. The monoisotopic (exact) mass is 511 g/mol. The van der Waals surface area contributed by atoms with Crippen molar-refractivity contribution >= 4 is 23.6 Å². The minimum absolute atomic E-state index is 0.206. The van der Waals surface area contributed by atoms with E-state index in [1.807, 2.05) is 0 Å². The van der Waals surface area contributed by atoms with Gasteiger partial charge in [-0.1, -0.05) is 34.4 Å². The summed E-state index contributed by atoms with van der Waals surface area (Å²) in [4.78, 5) is 52.5. The van der Waals surface area contributed by atoms with E-state index in [2.05, 4.69) is 10.6 Å². The quantitative estimate of drug-likeness (QED) is 0.491. The number of hydrogen-bond donors (Lipinski definition) is 3. The van der Waals surface area contributed by atoms with E-state index in [4.69, 9.17) is 15.1 Å². The molecule has 1 aliphatic carbocycles. The van der Waals surface area contributed by atoms with Crippen molar-refractivity contribution in [1.82, 2.24) is 20.9 Å². The van der Waals surface area contributed by atoms with Gasteiger partial charge in [-0.3, -0.25) is 19.2 Å². The van der Waals surface area contributed by atoms with Crippen LogP contribution in [-0.2, 0) is 19.2 Å². The summed E-state index contributed by atoms with van der Waals surface area (Å²) < 4.78 is 136. The van der Waals surface area contributed by atoms with Gasteiger partial charge < -0.3 is 20.9 Å². The lowest BCUT2D eigenvalue weighted by atomic mass is 9.85. The molecule has 3 rings (SSSR count). The summed E-state index contributed by atoms with van der Waals surface area (Å²) in [5.41, 5.74) is -5.33. The molecule has 1 unspecified atom stereocenters. The number of hydrogen-bond acceptors (Lipinski definition) is 5. The second-order valence-corrected chi connectivity index (χ2v) is 9.41. The standard InChI is InChI=1S/C23H32F3N5O4/c1-21(2,3)16(30-20(35)23(24,25)26)19(34)31-10-13-14(22(13,4)5)15(31)18(33)29-12(9-27)8-11-6-7-28-17(11)32/h11-16H,6-8,10H2,1-5H3,(H,28,32)(H,29,33)(H,30,35)/t11-,12-,13-,14-,15-,16?/m0/s1/i1D3,2D3,3D3,7D2,15D. The molecule has 35 heavy (non-hydrogen) atoms. The van der Waals surface area contributed by atoms with Crippen molar-refractivity contribution in [3.63, 3.8) is 0 Å². The summed E-state index contributed by atoms with van der Waals surface area (Å²) >= 11 is 0. The van der Waals surface area contributed by atoms with E-state index in [1.54, 1.807) is 19.9 Å². The fourth-order valence-electron chi connectivity index (χ4n) is 4.59. The number of fused-ring (bicyclic) bond motifs is 1. The molecule has 0 bridgehead atoms. The first-order valence-corrected chi connectivity index (χ1v) is 10.5. The van der Waals surface area contributed by atoms with Gasteiger partial charge in [-0.2, -0.15) is 18.4 Å². The summed E-state index contributed by atoms with van der Waals surface area (Å²) in [7, 11) is 0. The smallest absolute Gasteiger partial charge is 0.356 e. The van der Waals surface area contributed by atoms with Crippen LogP contribution in [0.5, 0.6) is 0 Å². The number of alkyl halides is 3. The maximum absolute atomic E-state index is 14.2. The zero-order chi connectivity index (χ0) is 36.7. The normalized spacial score (nSPS) is 38.6. The van der Waals surface area contributed by atoms with Crippen LogP contribution in [0.25, 0.3) is 0 Å². The number of carbonyl (C=O) groups is 4. The van der Waals surface area contributed by atoms with Crippen molar-refractivity contribution in [3.05, 3.63) is 0 Å². The Labute approximate surface area is 219 Å². The number of nitrogens with one attached hydrogen (secondary N) is 3. The molecule has 2 aliphatic heterocycles. The molecular weight excluding hydrogens is 467 g/mol. The number of rotatable bonds is 6. The molecule has 3 N–H and O–H groups in total. The molecule has 12 heteroatoms. The summed E-state index contributed by atoms with van der Waals surface area (Å²) in [6.45, 7) is -12.6. The summed E-state index contributed by atoms with van der Waals surface area (Å²) in [6, 6.07) is -6.37. The van der Waals surface area contributed by atoms with Crippen LogP contribution in [0.15, 0.2) is 0 Å². The predicted octanol–water partition coefficient (Wildman–Crippen LogP) is 1.10. The Morgan fingerprint density at radius 1 is 1.34 bits per heavy atom. The average Bonchev–Trinajstić information content (AvgIpc) is 3.08. The van der Waals surface area contributed by atoms with Gasteiger partial charge in [-0.05, 0) is 35.5 Å². The Bertz CT molecular complexity index is 1340. The molecule has 0 aromatic heterocycles. The van der Waals surface area contributed by atoms with E-state index < -0.39 is 123 Å². The molecular formula is C23H32F3N5O4. The van der Waals surface area contributed by atoms with Gasteiger partial charge in [0.1, 0.15) is 18.1 Å². The number of amides is 4. The first-order chi connectivity index (χ1) is 20.8. The fraction of sp³-hybridized carbons (Fsp3) is 0.783. The second kappa shape index (κ2) is 8.99. The maximum Gasteiger partial charge on any atom is 0.471 e. The molecule has 9 nitrogen and oxygen atoms in total. The summed E-state index contributed by atoms with van der Waals surface area (Å²) in [5, 5.41) is 14.9. The summed E-state index contributed by atoms with van der Waals surface area (Å²) in [6.07, 6.45) is -6.74. The Hall–Kier alpha value is -2.84. The van der Waals surface area contributed by atoms with Crippen molar-refractivity contribution in [2.24, 2.45) is 28.6 Å². The highest BCUT2D eigenvalue weighted by molar-refractivity contribution is 5.95. The van der Waals surface area contributed by atoms with Crippen molar-refractivity contribution in [2.45, 2.75) is 71.5 Å². The lowest BCUT2D eigenvalue weighted by Crippen LogP contribution is -2.61. The van der Waals surface area contributed by atoms with Gasteiger partial charge in [0.25, 0.3) is 0 Å². The highest BCUT2D eigenvalue weighted by Crippen LogP contribution is 2.65. The third-order valence-corrected chi connectivity index (χ3v) is 6.64. The van der Waals surface area contributed by atoms with E-state index in [1.165, 1.54) is 0 Å². The lowest BCUT2D eigenvalue weighted by molar-refractivity contribution is -0.176. The minimum atomic E-state index is -5.88. The van der Waals surface area contributed by atoms with Crippen LogP contribution in [0.4, 0.5) is 13.2 Å². The number of halogens is 3. The molecule has 3 fully saturated rings. The van der Waals surface area contributed by atoms with E-state index in [-0.39, 0.29) is 4.90 Å². The lowest BCUT2D eigenvalue weighted by Gasteiger charge is -2.37. The minimum Gasteiger partial charge on any atom is -0.356 e. The Kier molecular flexibility index (Phi) is 3.76. The first-order valence-electron chi connectivity index (χ1n) is 16.5. The molecule has 0 spiro atoms. The van der Waals surface area contributed by atoms with Gasteiger partial charge in [0.2, 0.25) is 17.7 Å². The maximum atomic E-state index is 14.2. The fourth-order valence-corrected chi connectivity index (χ4v) is 4.59. The molecule has 4 amide bonds. The van der Waals surface area contributed by atoms with E-state index in [0.29, 0.717) is 0 Å². The van der Waals surface area contributed by atoms with Gasteiger partial charge >= 0.3 is 12.1 Å². The molecule has 6 atom stereocenters. The highest BCUT2D eigenvalue weighted by atomic mass is 19.4. The van der Waals surface area contributed by atoms with Gasteiger partial charge in [0, 0.05) is 34.0 Å². The average molecular weight is 512 g/mol. The van der Waals surface area contributed by atoms with Crippen molar-refractivity contribution < 1.29 is 48.8 Å². The van der Waals surface area contributed by atoms with Crippen LogP contribution in [0.2, 0.25) is 0 Å². The number of nitrogens with zero attached hydrogens (tertiary/aromatic N) is 2. The van der Waals surface area contributed by atoms with E-state index in [0.717, 1.165) is 5.32 Å². The summed E-state index contributed by atoms with van der Waals surface area (Å²) in [5.74, 6) is -10.5. The number of nitriles is 1. The largest absolute Gasteiger partial charge is 0.471 e. The van der Waals surface area contributed by atoms with Crippen LogP contribution in [0, 0.1) is 39.9 Å². The molecule has 1 saturated carbocycles. The van der Waals surface area contributed by atoms with Crippen molar-refractivity contribution in [3.8, 4) is 6.07 Å². The van der Waals surface area contributed by atoms with Gasteiger partial charge in [-0.15, -0.1) is 0 Å². The SMILES string of the molecule is [2H]C1([2H])C[C@@H](C[C@@H](C#N)NC(=O)[C@]2([2H])[C@@H]3[C@H](CN2C(=O)C(NC(=O)C(F)(F)F)C(C([2H])([2H])[2H])(C([2H])([2H])[2H])C([2H])([2H])[2H])C3(C)C)C(=O)N1. The molecule has 3 aliphatic rings. The molecule has 2 heterocycles. The van der Waals surface area contributed by atoms with Crippen molar-refractivity contribution in [1.29, 1.82) is 5.26 Å². The van der Waals surface area contributed by atoms with Crippen LogP contribution in [0.1, 0.15) is 63.7 Å². The van der Waals surface area contributed by atoms with Gasteiger partial charge in [-0.25, -0.2) is 0 Å². The van der Waals surface area contributed by atoms with Crippen LogP contribution < -0.4 is 16.0 Å². The number of likely N-dealkylation sites (tertiary alicyclic amines) is 1. The highest BCUT2D eigenvalue weighted by Gasteiger charge is 2.70. The topological polar surface area (TPSA) is 131 Å². The Balaban J connectivity index is 2.15. The second-order valence-electron chi connectivity index (χ2n) is 9.41. The zero-order valence-electron chi connectivity index (χ0n) is 30.7. The molecule has 194 valence electrons. The third-order valence-electron chi connectivity index (χ3n) is 6.64. The Morgan fingerprint density at radius 2 is 2.00 bits per heavy atom. The van der Waals surface area contributed by atoms with Crippen LogP contribution >= 0.6 is 0 Å². The molecule has 0 radical (unpaired) electrons. The van der Waals surface area contributed by atoms with Crippen LogP contribution in [0.3, 0.4) is 0 Å². The van der Waals surface area contributed by atoms with Gasteiger partial charge in [0.15, 0.2) is 0 Å². The predicted molar refractivity (Wildman–Crippen MR) is 117 cm³/mol. The van der Waals surface area contributed by atoms with E-state index in [9.17, 15) is 39.0 Å². The number of piperidine rings is 1. The number of carbonyl (C=O) groups excluding carboxylic acids is 4. The molecule has 0 aromatic carbocycles. The zero-order valence-corrected chi connectivity index (χ0v) is 18.7. The van der Waals surface area contributed by atoms with Crippen LogP contribution in [-0.4, -0.2) is 65.8 Å². The Morgan fingerprint density at radius 3 is 2.51 bits per heavy atom. The first kappa shape index (κ1) is 14.7. The molecule has 2 saturated heterocycles. The van der Waals surface area contributed by atoms with Crippen molar-refractivity contribution in [2.75, 3.05) is 13.0 Å². The van der Waals surface area contributed by atoms with Gasteiger partial charge in [0.05, 0.1) is 7.44 Å². The van der Waals surface area contributed by atoms with E-state index >= 15 is 0 Å². The molecule has 0 aromatic rings.